The fourth-order valence-corrected chi connectivity index (χ4v) is 1.36. The maximum absolute atomic E-state index is 11.4. The molecule has 0 aliphatic heterocycles. The second-order valence-electron chi connectivity index (χ2n) is 3.73. The second kappa shape index (κ2) is 6.56. The Bertz CT molecular complexity index is 480. The maximum atomic E-state index is 11.4. The highest BCUT2D eigenvalue weighted by Crippen LogP contribution is 2.17. The van der Waals surface area contributed by atoms with Gasteiger partial charge in [-0.05, 0) is 30.2 Å². The van der Waals surface area contributed by atoms with E-state index in [2.05, 4.69) is 5.32 Å². The minimum atomic E-state index is -1.01. The monoisotopic (exact) mass is 249 g/mol. The molecular formula is C13H15NO4. The van der Waals surface area contributed by atoms with Crippen LogP contribution in [0, 0.1) is 6.92 Å². The van der Waals surface area contributed by atoms with E-state index in [4.69, 9.17) is 9.84 Å². The van der Waals surface area contributed by atoms with Gasteiger partial charge >= 0.3 is 5.97 Å². The van der Waals surface area contributed by atoms with E-state index in [1.807, 2.05) is 13.0 Å². The van der Waals surface area contributed by atoms with Gasteiger partial charge in [0.25, 0.3) is 0 Å². The fraction of sp³-hybridized carbons (Fsp3) is 0.231. The molecule has 0 atom stereocenters. The summed E-state index contributed by atoms with van der Waals surface area (Å²) in [7, 11) is 1.44. The summed E-state index contributed by atoms with van der Waals surface area (Å²) in [5.41, 5.74) is 2.24. The molecule has 0 aliphatic rings. The zero-order valence-corrected chi connectivity index (χ0v) is 10.3. The number of hydrogen-bond donors (Lipinski definition) is 2. The number of anilines is 1. The van der Waals surface area contributed by atoms with Crippen molar-refractivity contribution in [3.63, 3.8) is 0 Å². The SMILES string of the molecule is COCC(=O)Nc1cc(/C=C/C(=O)O)ccc1C. The number of rotatable bonds is 5. The predicted octanol–water partition coefficient (Wildman–Crippen LogP) is 1.68. The first kappa shape index (κ1) is 13.9. The molecule has 1 aromatic carbocycles. The molecule has 96 valence electrons. The number of aliphatic carboxylic acids is 1. The molecule has 1 rings (SSSR count). The molecule has 0 unspecified atom stereocenters. The summed E-state index contributed by atoms with van der Waals surface area (Å²) >= 11 is 0. The molecule has 18 heavy (non-hydrogen) atoms. The third-order valence-electron chi connectivity index (χ3n) is 2.23. The Balaban J connectivity index is 2.87. The van der Waals surface area contributed by atoms with Crippen LogP contribution in [0.2, 0.25) is 0 Å². The van der Waals surface area contributed by atoms with Gasteiger partial charge in [0.2, 0.25) is 5.91 Å². The summed E-state index contributed by atoms with van der Waals surface area (Å²) in [5, 5.41) is 11.2. The van der Waals surface area contributed by atoms with Crippen molar-refractivity contribution in [2.75, 3.05) is 19.0 Å². The maximum Gasteiger partial charge on any atom is 0.328 e. The van der Waals surface area contributed by atoms with Crippen LogP contribution in [0.25, 0.3) is 6.08 Å². The fourth-order valence-electron chi connectivity index (χ4n) is 1.36. The lowest BCUT2D eigenvalue weighted by Crippen LogP contribution is -2.17. The van der Waals surface area contributed by atoms with Gasteiger partial charge in [0.15, 0.2) is 0 Å². The van der Waals surface area contributed by atoms with Gasteiger partial charge in [0.05, 0.1) is 0 Å². The Morgan fingerprint density at radius 1 is 1.44 bits per heavy atom. The van der Waals surface area contributed by atoms with E-state index in [1.54, 1.807) is 12.1 Å². The zero-order chi connectivity index (χ0) is 13.5. The molecular weight excluding hydrogens is 234 g/mol. The number of ether oxygens (including phenoxy) is 1. The molecule has 0 spiro atoms. The molecule has 5 nitrogen and oxygen atoms in total. The number of carbonyl (C=O) groups excluding carboxylic acids is 1. The molecule has 0 heterocycles. The molecule has 5 heteroatoms. The predicted molar refractivity (Wildman–Crippen MR) is 68.4 cm³/mol. The minimum Gasteiger partial charge on any atom is -0.478 e. The van der Waals surface area contributed by atoms with Crippen LogP contribution in [0.3, 0.4) is 0 Å². The van der Waals surface area contributed by atoms with Crippen LogP contribution in [0.4, 0.5) is 5.69 Å². The van der Waals surface area contributed by atoms with Gasteiger partial charge in [-0.3, -0.25) is 4.79 Å². The van der Waals surface area contributed by atoms with Gasteiger partial charge in [0, 0.05) is 18.9 Å². The standard InChI is InChI=1S/C13H15NO4/c1-9-3-4-10(5-6-13(16)17)7-11(9)14-12(15)8-18-2/h3-7H,8H2,1-2H3,(H,14,15)(H,16,17)/b6-5+. The lowest BCUT2D eigenvalue weighted by atomic mass is 10.1. The number of amides is 1. The topological polar surface area (TPSA) is 75.6 Å². The molecule has 0 bridgehead atoms. The summed E-state index contributed by atoms with van der Waals surface area (Å²) in [6, 6.07) is 5.30. The Morgan fingerprint density at radius 3 is 2.78 bits per heavy atom. The molecule has 1 aromatic rings. The number of aryl methyl sites for hydroxylation is 1. The van der Waals surface area contributed by atoms with Gasteiger partial charge in [-0.25, -0.2) is 4.79 Å². The number of benzene rings is 1. The molecule has 0 fully saturated rings. The third kappa shape index (κ3) is 4.39. The molecule has 0 radical (unpaired) electrons. The molecule has 0 saturated carbocycles. The number of carbonyl (C=O) groups is 2. The first-order valence-electron chi connectivity index (χ1n) is 5.33. The van der Waals surface area contributed by atoms with Crippen LogP contribution in [-0.4, -0.2) is 30.7 Å². The van der Waals surface area contributed by atoms with Crippen LogP contribution in [0.1, 0.15) is 11.1 Å². The van der Waals surface area contributed by atoms with E-state index in [0.29, 0.717) is 11.3 Å². The molecule has 1 amide bonds. The van der Waals surface area contributed by atoms with Crippen molar-refractivity contribution in [1.82, 2.24) is 0 Å². The molecule has 0 aliphatic carbocycles. The van der Waals surface area contributed by atoms with Gasteiger partial charge in [-0.1, -0.05) is 12.1 Å². The Kier molecular flexibility index (Phi) is 5.07. The average Bonchev–Trinajstić information content (AvgIpc) is 2.30. The van der Waals surface area contributed by atoms with E-state index in [-0.39, 0.29) is 12.5 Å². The van der Waals surface area contributed by atoms with Crippen LogP contribution < -0.4 is 5.32 Å². The van der Waals surface area contributed by atoms with Crippen molar-refractivity contribution in [3.05, 3.63) is 35.4 Å². The number of hydrogen-bond acceptors (Lipinski definition) is 3. The normalized spacial score (nSPS) is 10.6. The zero-order valence-electron chi connectivity index (χ0n) is 10.3. The van der Waals surface area contributed by atoms with Crippen LogP contribution >= 0.6 is 0 Å². The first-order chi connectivity index (χ1) is 8.52. The lowest BCUT2D eigenvalue weighted by Gasteiger charge is -2.08. The summed E-state index contributed by atoms with van der Waals surface area (Å²) in [4.78, 5) is 21.8. The van der Waals surface area contributed by atoms with E-state index in [0.717, 1.165) is 11.6 Å². The van der Waals surface area contributed by atoms with Gasteiger partial charge in [-0.15, -0.1) is 0 Å². The first-order valence-corrected chi connectivity index (χ1v) is 5.33. The van der Waals surface area contributed by atoms with Crippen molar-refractivity contribution < 1.29 is 19.4 Å². The summed E-state index contributed by atoms with van der Waals surface area (Å²) in [5.74, 6) is -1.26. The summed E-state index contributed by atoms with van der Waals surface area (Å²) in [6.45, 7) is 1.84. The third-order valence-corrected chi connectivity index (χ3v) is 2.23. The quantitative estimate of drug-likeness (QED) is 0.778. The van der Waals surface area contributed by atoms with E-state index < -0.39 is 5.97 Å². The van der Waals surface area contributed by atoms with E-state index >= 15 is 0 Å². The highest BCUT2D eigenvalue weighted by molar-refractivity contribution is 5.93. The second-order valence-corrected chi connectivity index (χ2v) is 3.73. The van der Waals surface area contributed by atoms with Crippen molar-refractivity contribution in [3.8, 4) is 0 Å². The average molecular weight is 249 g/mol. The number of methoxy groups -OCH3 is 1. The Labute approximate surface area is 105 Å². The molecule has 0 saturated heterocycles. The highest BCUT2D eigenvalue weighted by atomic mass is 16.5. The van der Waals surface area contributed by atoms with Crippen molar-refractivity contribution in [1.29, 1.82) is 0 Å². The van der Waals surface area contributed by atoms with Crippen LogP contribution in [-0.2, 0) is 14.3 Å². The van der Waals surface area contributed by atoms with Gasteiger partial charge in [-0.2, -0.15) is 0 Å². The van der Waals surface area contributed by atoms with E-state index in [1.165, 1.54) is 13.2 Å². The lowest BCUT2D eigenvalue weighted by molar-refractivity contribution is -0.131. The van der Waals surface area contributed by atoms with Crippen LogP contribution in [0.15, 0.2) is 24.3 Å². The summed E-state index contributed by atoms with van der Waals surface area (Å²) in [6.07, 6.45) is 2.51. The smallest absolute Gasteiger partial charge is 0.328 e. The van der Waals surface area contributed by atoms with Crippen LogP contribution in [0.5, 0.6) is 0 Å². The van der Waals surface area contributed by atoms with Gasteiger partial charge in [0.1, 0.15) is 6.61 Å². The van der Waals surface area contributed by atoms with E-state index in [9.17, 15) is 9.59 Å². The Morgan fingerprint density at radius 2 is 2.17 bits per heavy atom. The highest BCUT2D eigenvalue weighted by Gasteiger charge is 2.04. The number of nitrogens with one attached hydrogen (secondary N) is 1. The van der Waals surface area contributed by atoms with Crippen molar-refractivity contribution >= 4 is 23.6 Å². The molecule has 2 N–H and O–H groups in total. The number of carboxylic acids is 1. The number of carboxylic acid groups (broad SMARTS) is 1. The minimum absolute atomic E-state index is 0.0192. The molecule has 0 aromatic heterocycles. The van der Waals surface area contributed by atoms with Crippen molar-refractivity contribution in [2.24, 2.45) is 0 Å². The Hall–Kier alpha value is -2.14. The summed E-state index contributed by atoms with van der Waals surface area (Å²) < 4.78 is 4.72. The van der Waals surface area contributed by atoms with Crippen molar-refractivity contribution in [2.45, 2.75) is 6.92 Å². The largest absolute Gasteiger partial charge is 0.478 e. The van der Waals surface area contributed by atoms with Gasteiger partial charge < -0.3 is 15.2 Å².